The van der Waals surface area contributed by atoms with Gasteiger partial charge in [0.15, 0.2) is 11.5 Å². The van der Waals surface area contributed by atoms with Gasteiger partial charge in [0.05, 0.1) is 25.1 Å². The van der Waals surface area contributed by atoms with E-state index < -0.39 is 18.4 Å². The van der Waals surface area contributed by atoms with Gasteiger partial charge >= 0.3 is 0 Å². The molecule has 0 spiro atoms. The first-order chi connectivity index (χ1) is 9.70. The molecule has 1 aliphatic heterocycles. The lowest BCUT2D eigenvalue weighted by Crippen LogP contribution is -2.23. The quantitative estimate of drug-likeness (QED) is 0.470. The Morgan fingerprint density at radius 1 is 1.55 bits per heavy atom. The van der Waals surface area contributed by atoms with Gasteiger partial charge in [0, 0.05) is 11.3 Å². The molecule has 2 aromatic rings. The number of nitrogen functional groups attached to an aromatic ring is 1. The van der Waals surface area contributed by atoms with E-state index in [1.165, 1.54) is 6.33 Å². The van der Waals surface area contributed by atoms with Crippen molar-refractivity contribution in [2.75, 3.05) is 12.3 Å². The number of nitrogens with two attached hydrogens (primary N) is 1. The average molecular weight is 276 g/mol. The Morgan fingerprint density at radius 3 is 3.20 bits per heavy atom. The molecular formula is C10H12N8O2. The lowest BCUT2D eigenvalue weighted by molar-refractivity contribution is -0.0114. The SMILES string of the molecule is [N-]=[N+]=NC[C@@H]1O[C@H](n2cnc3c(N)ncnc32)C[C@@H]1O. The third kappa shape index (κ3) is 2.01. The van der Waals surface area contributed by atoms with Crippen LogP contribution in [-0.2, 0) is 4.74 Å². The van der Waals surface area contributed by atoms with Crippen LogP contribution in [0.4, 0.5) is 5.82 Å². The van der Waals surface area contributed by atoms with Crippen LogP contribution in [0, 0.1) is 0 Å². The van der Waals surface area contributed by atoms with E-state index >= 15 is 0 Å². The van der Waals surface area contributed by atoms with Crippen LogP contribution in [0.25, 0.3) is 21.6 Å². The third-order valence-electron chi connectivity index (χ3n) is 3.23. The van der Waals surface area contributed by atoms with Crippen molar-refractivity contribution < 1.29 is 9.84 Å². The number of fused-ring (bicyclic) bond motifs is 1. The van der Waals surface area contributed by atoms with Crippen LogP contribution in [0.1, 0.15) is 12.6 Å². The highest BCUT2D eigenvalue weighted by Gasteiger charge is 2.35. The molecular weight excluding hydrogens is 264 g/mol. The molecule has 10 nitrogen and oxygen atoms in total. The van der Waals surface area contributed by atoms with Crippen LogP contribution in [-0.4, -0.2) is 43.4 Å². The van der Waals surface area contributed by atoms with E-state index in [4.69, 9.17) is 16.0 Å². The Balaban J connectivity index is 1.89. The maximum Gasteiger partial charge on any atom is 0.167 e. The van der Waals surface area contributed by atoms with Crippen molar-refractivity contribution in [1.82, 2.24) is 19.5 Å². The van der Waals surface area contributed by atoms with Crippen LogP contribution >= 0.6 is 0 Å². The first-order valence-electron chi connectivity index (χ1n) is 5.98. The number of rotatable bonds is 3. The fraction of sp³-hybridized carbons (Fsp3) is 0.500. The Bertz CT molecular complexity index is 679. The van der Waals surface area contributed by atoms with E-state index in [1.54, 1.807) is 10.9 Å². The van der Waals surface area contributed by atoms with E-state index in [9.17, 15) is 5.11 Å². The van der Waals surface area contributed by atoms with Gasteiger partial charge in [0.1, 0.15) is 18.1 Å². The molecule has 3 atom stereocenters. The Hall–Kier alpha value is -2.42. The number of imidazole rings is 1. The number of hydrogen-bond acceptors (Lipinski definition) is 7. The van der Waals surface area contributed by atoms with Gasteiger partial charge in [0.25, 0.3) is 0 Å². The Morgan fingerprint density at radius 2 is 2.40 bits per heavy atom. The molecule has 3 N–H and O–H groups in total. The van der Waals surface area contributed by atoms with Gasteiger partial charge in [-0.05, 0) is 5.53 Å². The number of anilines is 1. The standard InChI is InChI=1S/C10H12N8O2/c11-9-8-10(14-3-13-9)18(4-15-8)7-1-5(19)6(20-7)2-16-17-12/h3-7,19H,1-2H2,(H2,11,13,14)/t5-,6-,7-/m0/s1. The van der Waals surface area contributed by atoms with E-state index in [0.717, 1.165) is 0 Å². The minimum absolute atomic E-state index is 0.0813. The number of hydrogen-bond donors (Lipinski definition) is 2. The molecule has 3 heterocycles. The summed E-state index contributed by atoms with van der Waals surface area (Å²) in [6, 6.07) is 0. The number of aromatic nitrogens is 4. The molecule has 1 fully saturated rings. The summed E-state index contributed by atoms with van der Waals surface area (Å²) in [5.41, 5.74) is 15.1. The number of aliphatic hydroxyl groups excluding tert-OH is 1. The summed E-state index contributed by atoms with van der Waals surface area (Å²) < 4.78 is 7.36. The molecule has 0 bridgehead atoms. The summed E-state index contributed by atoms with van der Waals surface area (Å²) in [7, 11) is 0. The van der Waals surface area contributed by atoms with Crippen LogP contribution in [0.2, 0.25) is 0 Å². The maximum atomic E-state index is 9.91. The third-order valence-corrected chi connectivity index (χ3v) is 3.23. The fourth-order valence-corrected chi connectivity index (χ4v) is 2.25. The molecule has 3 rings (SSSR count). The van der Waals surface area contributed by atoms with Crippen molar-refractivity contribution in [1.29, 1.82) is 0 Å². The molecule has 0 aromatic carbocycles. The normalized spacial score (nSPS) is 25.8. The predicted octanol–water partition coefficient (Wildman–Crippen LogP) is 0.367. The lowest BCUT2D eigenvalue weighted by atomic mass is 10.2. The van der Waals surface area contributed by atoms with E-state index in [2.05, 4.69) is 25.0 Å². The molecule has 104 valence electrons. The van der Waals surface area contributed by atoms with Crippen molar-refractivity contribution in [3.63, 3.8) is 0 Å². The highest BCUT2D eigenvalue weighted by Crippen LogP contribution is 2.31. The zero-order chi connectivity index (χ0) is 14.1. The highest BCUT2D eigenvalue weighted by atomic mass is 16.5. The second kappa shape index (κ2) is 4.93. The van der Waals surface area contributed by atoms with Gasteiger partial charge < -0.3 is 15.6 Å². The first-order valence-corrected chi connectivity index (χ1v) is 5.98. The molecule has 0 saturated carbocycles. The van der Waals surface area contributed by atoms with Crippen molar-refractivity contribution in [3.8, 4) is 0 Å². The molecule has 1 saturated heterocycles. The molecule has 10 heteroatoms. The van der Waals surface area contributed by atoms with Gasteiger partial charge in [-0.3, -0.25) is 4.57 Å². The second-order valence-electron chi connectivity index (χ2n) is 4.43. The summed E-state index contributed by atoms with van der Waals surface area (Å²) in [5, 5.41) is 13.3. The summed E-state index contributed by atoms with van der Waals surface area (Å²) in [5.74, 6) is 0.290. The van der Waals surface area contributed by atoms with Crippen LogP contribution < -0.4 is 5.73 Å². The largest absolute Gasteiger partial charge is 0.390 e. The molecule has 1 aliphatic rings. The van der Waals surface area contributed by atoms with Gasteiger partial charge in [-0.25, -0.2) is 15.0 Å². The minimum Gasteiger partial charge on any atom is -0.390 e. The lowest BCUT2D eigenvalue weighted by Gasteiger charge is -2.13. The molecule has 2 aromatic heterocycles. The van der Waals surface area contributed by atoms with Crippen molar-refractivity contribution in [3.05, 3.63) is 23.1 Å². The van der Waals surface area contributed by atoms with Crippen molar-refractivity contribution in [2.24, 2.45) is 5.11 Å². The van der Waals surface area contributed by atoms with Crippen molar-refractivity contribution in [2.45, 2.75) is 24.9 Å². The zero-order valence-corrected chi connectivity index (χ0v) is 10.4. The van der Waals surface area contributed by atoms with E-state index in [-0.39, 0.29) is 12.4 Å². The first kappa shape index (κ1) is 12.6. The topological polar surface area (TPSA) is 148 Å². The smallest absolute Gasteiger partial charge is 0.167 e. The number of azide groups is 1. The molecule has 20 heavy (non-hydrogen) atoms. The summed E-state index contributed by atoms with van der Waals surface area (Å²) >= 11 is 0. The van der Waals surface area contributed by atoms with Gasteiger partial charge in [-0.1, -0.05) is 5.11 Å². The number of aliphatic hydroxyl groups is 1. The van der Waals surface area contributed by atoms with Crippen LogP contribution in [0.15, 0.2) is 17.8 Å². The van der Waals surface area contributed by atoms with Gasteiger partial charge in [-0.2, -0.15) is 0 Å². The predicted molar refractivity (Wildman–Crippen MR) is 68.3 cm³/mol. The second-order valence-corrected chi connectivity index (χ2v) is 4.43. The Kier molecular flexibility index (Phi) is 3.11. The molecule has 0 radical (unpaired) electrons. The average Bonchev–Trinajstić information content (AvgIpc) is 3.01. The fourth-order valence-electron chi connectivity index (χ4n) is 2.25. The van der Waals surface area contributed by atoms with E-state index in [1.807, 2.05) is 0 Å². The molecule has 0 amide bonds. The van der Waals surface area contributed by atoms with Crippen LogP contribution in [0.3, 0.4) is 0 Å². The summed E-state index contributed by atoms with van der Waals surface area (Å²) in [6.07, 6.45) is 1.58. The Labute approximate surface area is 112 Å². The number of nitrogens with zero attached hydrogens (tertiary/aromatic N) is 7. The highest BCUT2D eigenvalue weighted by molar-refractivity contribution is 5.81. The monoisotopic (exact) mass is 276 g/mol. The van der Waals surface area contributed by atoms with Crippen molar-refractivity contribution >= 4 is 17.0 Å². The maximum absolute atomic E-state index is 9.91. The molecule has 0 aliphatic carbocycles. The van der Waals surface area contributed by atoms with Gasteiger partial charge in [-0.15, -0.1) is 0 Å². The van der Waals surface area contributed by atoms with Crippen LogP contribution in [0.5, 0.6) is 0 Å². The minimum atomic E-state index is -0.706. The van der Waals surface area contributed by atoms with E-state index in [0.29, 0.717) is 17.6 Å². The zero-order valence-electron chi connectivity index (χ0n) is 10.4. The summed E-state index contributed by atoms with van der Waals surface area (Å²) in [6.45, 7) is 0.0813. The number of ether oxygens (including phenoxy) is 1. The molecule has 0 unspecified atom stereocenters. The summed E-state index contributed by atoms with van der Waals surface area (Å²) in [4.78, 5) is 14.8. The van der Waals surface area contributed by atoms with Gasteiger partial charge in [0.2, 0.25) is 0 Å².